The van der Waals surface area contributed by atoms with Gasteiger partial charge in [-0.25, -0.2) is 0 Å². The lowest BCUT2D eigenvalue weighted by molar-refractivity contribution is -0.148. The van der Waals surface area contributed by atoms with Crippen molar-refractivity contribution in [1.82, 2.24) is 14.9 Å². The molecule has 0 saturated heterocycles. The van der Waals surface area contributed by atoms with Crippen molar-refractivity contribution in [3.05, 3.63) is 179 Å². The normalized spacial score (nSPS) is 22.8. The lowest BCUT2D eigenvalue weighted by atomic mass is 9.61. The van der Waals surface area contributed by atoms with E-state index in [1.165, 1.54) is 18.6 Å². The second-order valence-electron chi connectivity index (χ2n) is 20.1. The van der Waals surface area contributed by atoms with Crippen molar-refractivity contribution in [1.29, 1.82) is 0 Å². The Morgan fingerprint density at radius 3 is 2.54 bits per heavy atom. The number of ether oxygens (including phenoxy) is 3. The highest BCUT2D eigenvalue weighted by atomic mass is 16.5. The minimum absolute atomic E-state index is 0.00788. The number of aromatic amines is 1. The van der Waals surface area contributed by atoms with Gasteiger partial charge in [-0.15, -0.1) is 0 Å². The largest absolute Gasteiger partial charge is 0.508 e. The predicted octanol–water partition coefficient (Wildman–Crippen LogP) is 11.6. The molecule has 6 unspecified atom stereocenters. The minimum atomic E-state index is -0.695. The molecule has 6 atom stereocenters. The second kappa shape index (κ2) is 21.1. The highest BCUT2D eigenvalue weighted by Crippen LogP contribution is 2.51. The van der Waals surface area contributed by atoms with Crippen LogP contribution in [0.3, 0.4) is 0 Å². The summed E-state index contributed by atoms with van der Waals surface area (Å²) in [5.41, 5.74) is 6.57. The van der Waals surface area contributed by atoms with E-state index >= 15 is 0 Å². The van der Waals surface area contributed by atoms with Gasteiger partial charge in [0.05, 0.1) is 24.8 Å². The van der Waals surface area contributed by atoms with Crippen LogP contribution in [0, 0.1) is 23.2 Å². The third kappa shape index (κ3) is 10.2. The number of aromatic hydroxyl groups is 2. The Bertz CT molecular complexity index is 3330. The monoisotopic (exact) mass is 990 g/mol. The molecule has 12 heteroatoms. The molecule has 6 bridgehead atoms. The molecule has 2 aliphatic carbocycles. The van der Waals surface area contributed by atoms with Gasteiger partial charge in [-0.1, -0.05) is 85.0 Å². The number of phenolic OH excluding ortho intramolecular Hbond substituents is 2. The van der Waals surface area contributed by atoms with Crippen molar-refractivity contribution >= 4 is 34.0 Å². The minimum Gasteiger partial charge on any atom is -0.508 e. The SMILES string of the molecule is COc1cc(C2CC(=O)CC(OC(C)=O)CCC34Cc5c[nH]cc5C(C#CCC3=CC=CC4C)C(c3cccc(O)c3)C3=CCNC(=C3)N(CCC(C)=O)c3cccc4cn2cc34)ccc1Oc1cccc(O)c1. The molecule has 2 aromatic heterocycles. The van der Waals surface area contributed by atoms with E-state index in [1.54, 1.807) is 38.3 Å². The average Bonchev–Trinajstić information content (AvgIpc) is 4.04. The summed E-state index contributed by atoms with van der Waals surface area (Å²) in [6.45, 7) is 6.14. The van der Waals surface area contributed by atoms with E-state index in [0.29, 0.717) is 56.0 Å². The molecule has 4 heterocycles. The van der Waals surface area contributed by atoms with Crippen LogP contribution in [0.1, 0.15) is 99.4 Å². The zero-order valence-corrected chi connectivity index (χ0v) is 42.3. The van der Waals surface area contributed by atoms with Gasteiger partial charge in [0, 0.05) is 98.7 Å². The molecule has 10 rings (SSSR count). The Hall–Kier alpha value is -8.17. The van der Waals surface area contributed by atoms with Gasteiger partial charge < -0.3 is 44.2 Å². The Morgan fingerprint density at radius 1 is 0.919 bits per heavy atom. The Labute approximate surface area is 432 Å². The summed E-state index contributed by atoms with van der Waals surface area (Å²) in [4.78, 5) is 46.4. The molecule has 0 radical (unpaired) electrons. The van der Waals surface area contributed by atoms with Gasteiger partial charge in [-0.3, -0.25) is 14.4 Å². The molecule has 12 nitrogen and oxygen atoms in total. The molecular weight excluding hydrogens is 929 g/mol. The first-order chi connectivity index (χ1) is 35.8. The van der Waals surface area contributed by atoms with Crippen LogP contribution >= 0.6 is 0 Å². The van der Waals surface area contributed by atoms with Gasteiger partial charge in [0.2, 0.25) is 0 Å². The van der Waals surface area contributed by atoms with Gasteiger partial charge in [0.25, 0.3) is 0 Å². The lowest BCUT2D eigenvalue weighted by Gasteiger charge is -2.43. The van der Waals surface area contributed by atoms with Crippen molar-refractivity contribution in [2.75, 3.05) is 25.1 Å². The molecule has 4 N–H and O–H groups in total. The topological polar surface area (TPSA) is 155 Å². The number of nitrogens with one attached hydrogen (secondary N) is 2. The molecule has 4 aliphatic rings. The summed E-state index contributed by atoms with van der Waals surface area (Å²) >= 11 is 0. The summed E-state index contributed by atoms with van der Waals surface area (Å²) in [5, 5.41) is 26.7. The molecule has 74 heavy (non-hydrogen) atoms. The molecule has 378 valence electrons. The molecule has 0 fully saturated rings. The first kappa shape index (κ1) is 49.4. The molecule has 0 saturated carbocycles. The highest BCUT2D eigenvalue weighted by molar-refractivity contribution is 5.95. The van der Waals surface area contributed by atoms with Crippen molar-refractivity contribution in [2.24, 2.45) is 11.3 Å². The van der Waals surface area contributed by atoms with Crippen molar-refractivity contribution < 1.29 is 38.8 Å². The Morgan fingerprint density at radius 2 is 1.74 bits per heavy atom. The van der Waals surface area contributed by atoms with Crippen LogP contribution in [0.25, 0.3) is 10.8 Å². The fourth-order valence-corrected chi connectivity index (χ4v) is 11.7. The number of nitrogens with zero attached hydrogens (tertiary/aromatic N) is 2. The van der Waals surface area contributed by atoms with E-state index in [1.807, 2.05) is 48.7 Å². The third-order valence-electron chi connectivity index (χ3n) is 15.4. The number of Topliss-reactive ketones (excluding diaryl/α,β-unsaturated/α-hetero) is 2. The maximum Gasteiger partial charge on any atom is 0.302 e. The number of carbonyl (C=O) groups is 3. The number of H-pyrrole nitrogens is 1. The van der Waals surface area contributed by atoms with Gasteiger partial charge in [0.1, 0.15) is 40.7 Å². The first-order valence-corrected chi connectivity index (χ1v) is 25.5. The van der Waals surface area contributed by atoms with Crippen LogP contribution in [0.2, 0.25) is 0 Å². The number of allylic oxidation sites excluding steroid dienone is 6. The van der Waals surface area contributed by atoms with Crippen LogP contribution in [0.15, 0.2) is 157 Å². The maximum atomic E-state index is 14.9. The van der Waals surface area contributed by atoms with Crippen LogP contribution in [0.5, 0.6) is 28.7 Å². The zero-order chi connectivity index (χ0) is 51.5. The van der Waals surface area contributed by atoms with Crippen LogP contribution in [0.4, 0.5) is 5.69 Å². The summed E-state index contributed by atoms with van der Waals surface area (Å²) in [5.74, 6) is 8.78. The van der Waals surface area contributed by atoms with E-state index in [2.05, 4.69) is 99.6 Å². The van der Waals surface area contributed by atoms with Crippen LogP contribution < -0.4 is 19.7 Å². The number of esters is 1. The number of carbonyl (C=O) groups excluding carboxylic acids is 3. The van der Waals surface area contributed by atoms with E-state index in [0.717, 1.165) is 50.1 Å². The summed E-state index contributed by atoms with van der Waals surface area (Å²) in [6, 6.07) is 25.2. The number of benzene rings is 4. The van der Waals surface area contributed by atoms with Crippen molar-refractivity contribution in [2.45, 2.75) is 89.7 Å². The van der Waals surface area contributed by atoms with Crippen LogP contribution in [-0.2, 0) is 25.5 Å². The number of ketones is 2. The predicted molar refractivity (Wildman–Crippen MR) is 286 cm³/mol. The third-order valence-corrected chi connectivity index (χ3v) is 15.4. The van der Waals surface area contributed by atoms with E-state index < -0.39 is 23.5 Å². The number of methoxy groups -OCH3 is 1. The van der Waals surface area contributed by atoms with Crippen molar-refractivity contribution in [3.63, 3.8) is 0 Å². The molecule has 6 aromatic rings. The molecule has 1 spiro atoms. The highest BCUT2D eigenvalue weighted by Gasteiger charge is 2.43. The smallest absolute Gasteiger partial charge is 0.302 e. The summed E-state index contributed by atoms with van der Waals surface area (Å²) in [6.07, 6.45) is 21.2. The lowest BCUT2D eigenvalue weighted by Crippen LogP contribution is -2.36. The standard InChI is InChI=1S/C62H62N4O8/c1-39-10-5-13-47-14-8-18-53-54-36-63-35-46(54)34-62(39,47)25-22-52(73-41(3)68)32-50(71)33-57(42-20-21-58(59(29-42)72-4)74-51-17-9-16-49(70)31-51)65-37-45-12-7-19-56(55(45)38-65)66(27-24-40(2)67)60-30-44(23-26-64-60)61(53)43-11-6-15-48(69)28-43/h5-7,9-13,15-17,19-21,23,28-31,35-39,52-53,57,61,63-64,69-70H,14,22,24-27,32-34H2,1-4H3. The van der Waals surface area contributed by atoms with E-state index in [9.17, 15) is 24.6 Å². The molecule has 0 amide bonds. The van der Waals surface area contributed by atoms with Crippen LogP contribution in [-0.4, -0.2) is 63.6 Å². The van der Waals surface area contributed by atoms with E-state index in [-0.39, 0.29) is 60.1 Å². The second-order valence-corrected chi connectivity index (χ2v) is 20.1. The van der Waals surface area contributed by atoms with Gasteiger partial charge in [-0.05, 0) is 108 Å². The molecule has 4 aromatic carbocycles. The van der Waals surface area contributed by atoms with Crippen molar-refractivity contribution in [3.8, 4) is 40.6 Å². The fourth-order valence-electron chi connectivity index (χ4n) is 11.7. The molecular formula is C62H62N4O8. The summed E-state index contributed by atoms with van der Waals surface area (Å²) in [7, 11) is 1.56. The number of dihydropyridines is 1. The Balaban J connectivity index is 1.16. The van der Waals surface area contributed by atoms with Gasteiger partial charge >= 0.3 is 5.97 Å². The number of fused-ring (bicyclic) bond motifs is 2. The first-order valence-electron chi connectivity index (χ1n) is 25.5. The zero-order valence-electron chi connectivity index (χ0n) is 42.3. The van der Waals surface area contributed by atoms with Gasteiger partial charge in [0.15, 0.2) is 11.5 Å². The number of hydrogen-bond acceptors (Lipinski definition) is 10. The van der Waals surface area contributed by atoms with Gasteiger partial charge in [-0.2, -0.15) is 0 Å². The number of phenols is 2. The molecule has 2 aliphatic heterocycles. The fraction of sp³-hybridized carbons (Fsp3) is 0.306. The number of hydrogen-bond donors (Lipinski definition) is 4. The number of rotatable bonds is 9. The average molecular weight is 991 g/mol. The number of anilines is 1. The number of aromatic nitrogens is 2. The Kier molecular flexibility index (Phi) is 14.1. The summed E-state index contributed by atoms with van der Waals surface area (Å²) < 4.78 is 20.3. The maximum absolute atomic E-state index is 14.9. The van der Waals surface area contributed by atoms with E-state index in [4.69, 9.17) is 14.2 Å². The quantitative estimate of drug-likeness (QED) is 0.0812.